The third-order valence-corrected chi connectivity index (χ3v) is 6.48. The lowest BCUT2D eigenvalue weighted by atomic mass is 10.1. The number of non-ortho nitro benzene ring substituents is 1. The summed E-state index contributed by atoms with van der Waals surface area (Å²) in [5, 5.41) is 13.9. The van der Waals surface area contributed by atoms with Crippen molar-refractivity contribution in [2.24, 2.45) is 0 Å². The average molecular weight is 491 g/mol. The van der Waals surface area contributed by atoms with Crippen molar-refractivity contribution in [3.05, 3.63) is 69.8 Å². The molecule has 34 heavy (non-hydrogen) atoms. The number of anilines is 1. The third-order valence-electron chi connectivity index (χ3n) is 5.35. The van der Waals surface area contributed by atoms with Crippen LogP contribution in [0.1, 0.15) is 25.0 Å². The van der Waals surface area contributed by atoms with E-state index in [1.54, 1.807) is 20.8 Å². The Kier molecular flexibility index (Phi) is 9.13. The van der Waals surface area contributed by atoms with Crippen molar-refractivity contribution in [1.29, 1.82) is 0 Å². The van der Waals surface area contributed by atoms with Crippen molar-refractivity contribution in [3.63, 3.8) is 0 Å². The van der Waals surface area contributed by atoms with E-state index in [-0.39, 0.29) is 23.8 Å². The van der Waals surface area contributed by atoms with Crippen LogP contribution in [-0.4, -0.2) is 62.0 Å². The van der Waals surface area contributed by atoms with Gasteiger partial charge >= 0.3 is 0 Å². The van der Waals surface area contributed by atoms with Crippen LogP contribution in [0.4, 0.5) is 11.4 Å². The molecule has 2 amide bonds. The van der Waals surface area contributed by atoms with Crippen LogP contribution in [0.3, 0.4) is 0 Å². The molecule has 10 nitrogen and oxygen atoms in total. The molecule has 1 N–H and O–H groups in total. The molecule has 2 aromatic carbocycles. The molecule has 0 fully saturated rings. The molecule has 2 aromatic rings. The zero-order valence-electron chi connectivity index (χ0n) is 19.7. The molecule has 0 bridgehead atoms. The Morgan fingerprint density at radius 2 is 1.79 bits per heavy atom. The molecule has 0 aliphatic carbocycles. The zero-order chi connectivity index (χ0) is 25.5. The van der Waals surface area contributed by atoms with Gasteiger partial charge in [-0.2, -0.15) is 0 Å². The molecule has 0 spiro atoms. The van der Waals surface area contributed by atoms with Crippen LogP contribution < -0.4 is 9.62 Å². The first-order valence-corrected chi connectivity index (χ1v) is 12.6. The van der Waals surface area contributed by atoms with Gasteiger partial charge in [-0.3, -0.25) is 24.0 Å². The fourth-order valence-corrected chi connectivity index (χ4v) is 4.37. The van der Waals surface area contributed by atoms with Crippen molar-refractivity contribution < 1.29 is 22.9 Å². The molecule has 1 atom stereocenters. The molecule has 184 valence electrons. The molecule has 0 saturated carbocycles. The van der Waals surface area contributed by atoms with Gasteiger partial charge in [0.1, 0.15) is 12.6 Å². The van der Waals surface area contributed by atoms with Crippen LogP contribution in [0.25, 0.3) is 0 Å². The third kappa shape index (κ3) is 7.01. The molecular formula is C23H30N4O6S. The van der Waals surface area contributed by atoms with E-state index < -0.39 is 33.4 Å². The van der Waals surface area contributed by atoms with E-state index >= 15 is 0 Å². The number of benzene rings is 2. The number of nitro groups is 1. The van der Waals surface area contributed by atoms with Crippen LogP contribution in [-0.2, 0) is 26.0 Å². The number of aryl methyl sites for hydroxylation is 1. The van der Waals surface area contributed by atoms with Crippen LogP contribution >= 0.6 is 0 Å². The summed E-state index contributed by atoms with van der Waals surface area (Å²) < 4.78 is 26.1. The van der Waals surface area contributed by atoms with Crippen molar-refractivity contribution in [3.8, 4) is 0 Å². The maximum Gasteiger partial charge on any atom is 0.271 e. The number of hydrogen-bond acceptors (Lipinski definition) is 6. The quantitative estimate of drug-likeness (QED) is 0.380. The largest absolute Gasteiger partial charge is 0.355 e. The number of sulfonamides is 1. The number of amides is 2. The second kappa shape index (κ2) is 11.6. The topological polar surface area (TPSA) is 130 Å². The molecule has 0 radical (unpaired) electrons. The van der Waals surface area contributed by atoms with Crippen molar-refractivity contribution >= 4 is 33.2 Å². The van der Waals surface area contributed by atoms with E-state index in [0.717, 1.165) is 22.2 Å². The van der Waals surface area contributed by atoms with E-state index in [0.29, 0.717) is 18.5 Å². The number of nitrogens with zero attached hydrogens (tertiary/aromatic N) is 3. The van der Waals surface area contributed by atoms with Crippen LogP contribution in [0.2, 0.25) is 0 Å². The second-order valence-electron chi connectivity index (χ2n) is 7.89. The van der Waals surface area contributed by atoms with Crippen molar-refractivity contribution in [1.82, 2.24) is 10.2 Å². The Bertz CT molecular complexity index is 1140. The van der Waals surface area contributed by atoms with E-state index in [1.165, 1.54) is 17.0 Å². The molecule has 11 heteroatoms. The highest BCUT2D eigenvalue weighted by molar-refractivity contribution is 7.92. The smallest absolute Gasteiger partial charge is 0.271 e. The lowest BCUT2D eigenvalue weighted by Gasteiger charge is -2.31. The number of carbonyl (C=O) groups is 2. The number of hydrogen-bond donors (Lipinski definition) is 1. The van der Waals surface area contributed by atoms with Gasteiger partial charge in [-0.15, -0.1) is 0 Å². The van der Waals surface area contributed by atoms with Gasteiger partial charge in [-0.1, -0.05) is 36.4 Å². The van der Waals surface area contributed by atoms with Gasteiger partial charge in [0.25, 0.3) is 5.69 Å². The minimum absolute atomic E-state index is 0.0405. The lowest BCUT2D eigenvalue weighted by molar-refractivity contribution is -0.384. The first kappa shape index (κ1) is 26.8. The van der Waals surface area contributed by atoms with Crippen LogP contribution in [0.15, 0.2) is 48.5 Å². The Balaban J connectivity index is 2.39. The summed E-state index contributed by atoms with van der Waals surface area (Å²) in [5.74, 6) is -0.952. The van der Waals surface area contributed by atoms with Gasteiger partial charge in [0.2, 0.25) is 21.8 Å². The average Bonchev–Trinajstić information content (AvgIpc) is 2.78. The molecule has 0 saturated heterocycles. The number of nitro benzene ring substituents is 1. The van der Waals surface area contributed by atoms with Gasteiger partial charge in [-0.25, -0.2) is 8.42 Å². The second-order valence-corrected chi connectivity index (χ2v) is 9.80. The van der Waals surface area contributed by atoms with Gasteiger partial charge in [0.05, 0.1) is 16.9 Å². The summed E-state index contributed by atoms with van der Waals surface area (Å²) in [7, 11) is -3.97. The van der Waals surface area contributed by atoms with Gasteiger partial charge in [-0.05, 0) is 38.3 Å². The van der Waals surface area contributed by atoms with E-state index in [4.69, 9.17) is 0 Å². The lowest BCUT2D eigenvalue weighted by Crippen LogP contribution is -2.52. The Morgan fingerprint density at radius 1 is 1.15 bits per heavy atom. The Labute approximate surface area is 199 Å². The minimum Gasteiger partial charge on any atom is -0.355 e. The Hall–Kier alpha value is -3.47. The highest BCUT2D eigenvalue weighted by Gasteiger charge is 2.30. The van der Waals surface area contributed by atoms with Crippen LogP contribution in [0.5, 0.6) is 0 Å². The predicted molar refractivity (Wildman–Crippen MR) is 130 cm³/mol. The molecule has 0 heterocycles. The van der Waals surface area contributed by atoms with E-state index in [2.05, 4.69) is 5.32 Å². The van der Waals surface area contributed by atoms with Gasteiger partial charge in [0.15, 0.2) is 0 Å². The number of rotatable bonds is 11. The molecule has 0 aromatic heterocycles. The fraction of sp³-hybridized carbons (Fsp3) is 0.391. The SMILES string of the molecule is CCNC(=O)[C@H](C)N(CCc1ccccc1)C(=O)CN(c1cc([N+](=O)[O-])ccc1C)S(C)(=O)=O. The molecule has 2 rings (SSSR count). The zero-order valence-corrected chi connectivity index (χ0v) is 20.5. The monoisotopic (exact) mass is 490 g/mol. The van der Waals surface area contributed by atoms with Gasteiger partial charge in [0, 0.05) is 25.2 Å². The van der Waals surface area contributed by atoms with Crippen LogP contribution in [0, 0.1) is 17.0 Å². The summed E-state index contributed by atoms with van der Waals surface area (Å²) >= 11 is 0. The Morgan fingerprint density at radius 3 is 2.35 bits per heavy atom. The summed E-state index contributed by atoms with van der Waals surface area (Å²) in [4.78, 5) is 37.8. The summed E-state index contributed by atoms with van der Waals surface area (Å²) in [6.07, 6.45) is 1.39. The van der Waals surface area contributed by atoms with Gasteiger partial charge < -0.3 is 10.2 Å². The van der Waals surface area contributed by atoms with Crippen molar-refractivity contribution in [2.75, 3.05) is 30.2 Å². The molecule has 0 aliphatic rings. The number of likely N-dealkylation sites (N-methyl/N-ethyl adjacent to an activating group) is 1. The van der Waals surface area contributed by atoms with Crippen molar-refractivity contribution in [2.45, 2.75) is 33.2 Å². The summed E-state index contributed by atoms with van der Waals surface area (Å²) in [6, 6.07) is 12.4. The number of nitrogens with one attached hydrogen (secondary N) is 1. The molecule has 0 aliphatic heterocycles. The van der Waals surface area contributed by atoms with E-state index in [9.17, 15) is 28.1 Å². The first-order valence-electron chi connectivity index (χ1n) is 10.8. The van der Waals surface area contributed by atoms with E-state index in [1.807, 2.05) is 30.3 Å². The fourth-order valence-electron chi connectivity index (χ4n) is 3.47. The standard InChI is InChI=1S/C23H30N4O6S/c1-5-24-23(29)18(3)25(14-13-19-9-7-6-8-10-19)22(28)16-26(34(4,32)33)21-15-20(27(30)31)12-11-17(21)2/h6-12,15,18H,5,13-14,16H2,1-4H3,(H,24,29)/t18-/m0/s1. The minimum atomic E-state index is -3.97. The first-order chi connectivity index (χ1) is 16.0. The molecule has 0 unspecified atom stereocenters. The predicted octanol–water partition coefficient (Wildman–Crippen LogP) is 2.27. The maximum atomic E-state index is 13.4. The number of carbonyl (C=O) groups excluding carboxylic acids is 2. The highest BCUT2D eigenvalue weighted by atomic mass is 32.2. The maximum absolute atomic E-state index is 13.4. The summed E-state index contributed by atoms with van der Waals surface area (Å²) in [5.41, 5.74) is 1.16. The molecular weight excluding hydrogens is 460 g/mol. The summed E-state index contributed by atoms with van der Waals surface area (Å²) in [6.45, 7) is 4.92. The highest BCUT2D eigenvalue weighted by Crippen LogP contribution is 2.27. The normalized spacial score (nSPS) is 12.0.